The van der Waals surface area contributed by atoms with Crippen LogP contribution in [0.5, 0.6) is 0 Å². The number of benzene rings is 2. The molecule has 2 aromatic carbocycles. The van der Waals surface area contributed by atoms with Gasteiger partial charge in [-0.1, -0.05) is 62.8 Å². The Labute approximate surface area is 141 Å². The minimum atomic E-state index is 0.267. The van der Waals surface area contributed by atoms with E-state index < -0.39 is 0 Å². The van der Waals surface area contributed by atoms with Gasteiger partial charge in [0.2, 0.25) is 0 Å². The molecule has 5 rings (SSSR count). The van der Waals surface area contributed by atoms with Crippen molar-refractivity contribution in [2.45, 2.75) is 12.8 Å². The van der Waals surface area contributed by atoms with Gasteiger partial charge in [-0.3, -0.25) is 4.79 Å². The largest absolute Gasteiger partial charge is 0.294 e. The lowest BCUT2D eigenvalue weighted by Crippen LogP contribution is -2.29. The first-order valence-corrected chi connectivity index (χ1v) is 9.25. The monoisotopic (exact) mass is 326 g/mol. The molecule has 2 aromatic rings. The van der Waals surface area contributed by atoms with Gasteiger partial charge in [0.05, 0.1) is 0 Å². The van der Waals surface area contributed by atoms with Crippen LogP contribution in [0.4, 0.5) is 0 Å². The van der Waals surface area contributed by atoms with Gasteiger partial charge in [0.1, 0.15) is 0 Å². The number of allylic oxidation sites excluding steroid dienone is 6. The van der Waals surface area contributed by atoms with Gasteiger partial charge in [-0.15, -0.1) is 0 Å². The van der Waals surface area contributed by atoms with E-state index in [0.717, 1.165) is 17.6 Å². The molecule has 1 nitrogen and oxygen atoms in total. The highest BCUT2D eigenvalue weighted by Crippen LogP contribution is 2.35. The van der Waals surface area contributed by atoms with Crippen LogP contribution in [0.2, 0.25) is 0 Å². The van der Waals surface area contributed by atoms with Gasteiger partial charge in [0, 0.05) is 12.0 Å². The predicted octanol–water partition coefficient (Wildman–Crippen LogP) is 3.65. The van der Waals surface area contributed by atoms with E-state index in [-0.39, 0.29) is 5.78 Å². The zero-order valence-electron chi connectivity index (χ0n) is 13.1. The van der Waals surface area contributed by atoms with E-state index in [0.29, 0.717) is 6.42 Å². The van der Waals surface area contributed by atoms with Gasteiger partial charge >= 0.3 is 0 Å². The van der Waals surface area contributed by atoms with E-state index >= 15 is 0 Å². The highest BCUT2D eigenvalue weighted by molar-refractivity contribution is 7.48. The number of fused-ring (bicyclic) bond motifs is 5. The molecule has 0 saturated carbocycles. The average Bonchev–Trinajstić information content (AvgIpc) is 2.81. The first kappa shape index (κ1) is 13.9. The van der Waals surface area contributed by atoms with Gasteiger partial charge in [-0.05, 0) is 56.0 Å². The van der Waals surface area contributed by atoms with Crippen LogP contribution in [0, 0.1) is 0 Å². The summed E-state index contributed by atoms with van der Waals surface area (Å²) in [6, 6.07) is 12.9. The molecule has 0 bridgehead atoms. The third-order valence-corrected chi connectivity index (χ3v) is 5.83. The van der Waals surface area contributed by atoms with Crippen molar-refractivity contribution in [2.24, 2.45) is 0 Å². The first-order valence-electron chi connectivity index (χ1n) is 8.22. The van der Waals surface area contributed by atoms with E-state index in [1.807, 2.05) is 6.08 Å². The summed E-state index contributed by atoms with van der Waals surface area (Å²) in [6.45, 7) is 0. The molecule has 0 amide bonds. The van der Waals surface area contributed by atoms with Crippen LogP contribution in [0.3, 0.4) is 0 Å². The van der Waals surface area contributed by atoms with Gasteiger partial charge in [0.25, 0.3) is 0 Å². The second kappa shape index (κ2) is 5.26. The molecular formula is C22H15OP. The van der Waals surface area contributed by atoms with Gasteiger partial charge in [-0.25, -0.2) is 0 Å². The molecule has 0 spiro atoms. The number of carbonyl (C=O) groups is 1. The molecule has 24 heavy (non-hydrogen) atoms. The van der Waals surface area contributed by atoms with Crippen molar-refractivity contribution in [1.82, 2.24) is 0 Å². The van der Waals surface area contributed by atoms with Crippen LogP contribution in [0.25, 0.3) is 22.2 Å². The maximum absolute atomic E-state index is 12.4. The quantitative estimate of drug-likeness (QED) is 0.676. The number of rotatable bonds is 0. The van der Waals surface area contributed by atoms with E-state index in [1.54, 1.807) is 0 Å². The Morgan fingerprint density at radius 1 is 1.00 bits per heavy atom. The lowest BCUT2D eigenvalue weighted by molar-refractivity contribution is -0.115. The molecule has 0 atom stereocenters. The van der Waals surface area contributed by atoms with Crippen molar-refractivity contribution in [2.75, 3.05) is 0 Å². The fourth-order valence-corrected chi connectivity index (χ4v) is 4.70. The Morgan fingerprint density at radius 2 is 1.92 bits per heavy atom. The summed E-state index contributed by atoms with van der Waals surface area (Å²) >= 11 is 0. The van der Waals surface area contributed by atoms with Crippen molar-refractivity contribution in [3.63, 3.8) is 0 Å². The molecule has 1 heterocycles. The molecule has 0 fully saturated rings. The molecule has 1 aliphatic heterocycles. The van der Waals surface area contributed by atoms with Crippen LogP contribution in [0.15, 0.2) is 71.3 Å². The molecule has 114 valence electrons. The predicted molar refractivity (Wildman–Crippen MR) is 103 cm³/mol. The summed E-state index contributed by atoms with van der Waals surface area (Å²) in [5, 5.41) is 5.03. The molecule has 0 saturated heterocycles. The fraction of sp³-hybridized carbons (Fsp3) is 0.0909. The SMILES string of the molecule is O=C1CC=CC2=C1CC=C1C=PC=c3ccc4ccccc4c3=C12. The fourth-order valence-electron chi connectivity index (χ4n) is 3.85. The molecular weight excluding hydrogens is 311 g/mol. The zero-order valence-corrected chi connectivity index (χ0v) is 14.0. The summed E-state index contributed by atoms with van der Waals surface area (Å²) in [6.07, 6.45) is 7.67. The van der Waals surface area contributed by atoms with Crippen LogP contribution in [-0.4, -0.2) is 11.6 Å². The molecule has 0 N–H and O–H groups in total. The first-order chi connectivity index (χ1) is 11.8. The minimum absolute atomic E-state index is 0.267. The van der Waals surface area contributed by atoms with E-state index in [2.05, 4.69) is 60.2 Å². The Hall–Kier alpha value is -2.50. The third kappa shape index (κ3) is 1.95. The van der Waals surface area contributed by atoms with Crippen LogP contribution < -0.4 is 10.4 Å². The smallest absolute Gasteiger partial charge is 0.163 e. The van der Waals surface area contributed by atoms with E-state index in [1.165, 1.54) is 40.6 Å². The van der Waals surface area contributed by atoms with Crippen LogP contribution in [-0.2, 0) is 4.79 Å². The molecule has 0 radical (unpaired) electrons. The maximum Gasteiger partial charge on any atom is 0.163 e. The lowest BCUT2D eigenvalue weighted by atomic mass is 9.80. The topological polar surface area (TPSA) is 17.1 Å². The Balaban J connectivity index is 2.04. The maximum atomic E-state index is 12.4. The van der Waals surface area contributed by atoms with Crippen molar-refractivity contribution in [3.8, 4) is 0 Å². The Bertz CT molecular complexity index is 1160. The average molecular weight is 326 g/mol. The summed E-state index contributed by atoms with van der Waals surface area (Å²) in [4.78, 5) is 12.4. The van der Waals surface area contributed by atoms with Crippen molar-refractivity contribution in [3.05, 3.63) is 81.8 Å². The minimum Gasteiger partial charge on any atom is -0.294 e. The summed E-state index contributed by atoms with van der Waals surface area (Å²) in [5.41, 5.74) is 4.60. The molecule has 0 aromatic heterocycles. The molecule has 3 aliphatic rings. The van der Waals surface area contributed by atoms with Crippen molar-refractivity contribution < 1.29 is 4.79 Å². The molecule has 0 unspecified atom stereocenters. The number of hydrogen-bond acceptors (Lipinski definition) is 1. The summed E-state index contributed by atoms with van der Waals surface area (Å²) in [5.74, 6) is 4.80. The van der Waals surface area contributed by atoms with Gasteiger partial charge < -0.3 is 0 Å². The third-order valence-electron chi connectivity index (χ3n) is 4.97. The second-order valence-corrected chi connectivity index (χ2v) is 7.13. The van der Waals surface area contributed by atoms with Crippen molar-refractivity contribution >= 4 is 41.9 Å². The summed E-state index contributed by atoms with van der Waals surface area (Å²) in [7, 11) is 1.20. The molecule has 2 aliphatic carbocycles. The second-order valence-electron chi connectivity index (χ2n) is 6.32. The normalized spacial score (nSPS) is 19.2. The highest BCUT2D eigenvalue weighted by atomic mass is 31.1. The number of ketones is 1. The van der Waals surface area contributed by atoms with Gasteiger partial charge in [-0.2, -0.15) is 0 Å². The Kier molecular flexibility index (Phi) is 3.04. The lowest BCUT2D eigenvalue weighted by Gasteiger charge is -2.23. The number of Topliss-reactive ketones (excluding diaryl/α,β-unsaturated/α-hetero) is 1. The number of carbonyl (C=O) groups excluding carboxylic acids is 1. The van der Waals surface area contributed by atoms with Gasteiger partial charge in [0.15, 0.2) is 5.78 Å². The highest BCUT2D eigenvalue weighted by Gasteiger charge is 2.25. The standard InChI is InChI=1S/C22H15OP/c23-20-7-3-6-19-18(20)11-10-16-13-24-12-15-9-8-14-4-1-2-5-17(14)21(15)22(16)19/h1-6,8-10,12-13H,7,11H2. The number of hydrogen-bond donors (Lipinski definition) is 0. The summed E-state index contributed by atoms with van der Waals surface area (Å²) < 4.78 is 0. The van der Waals surface area contributed by atoms with Crippen LogP contribution in [0.1, 0.15) is 12.8 Å². The van der Waals surface area contributed by atoms with E-state index in [4.69, 9.17) is 0 Å². The van der Waals surface area contributed by atoms with E-state index in [9.17, 15) is 4.79 Å². The molecule has 2 heteroatoms. The Morgan fingerprint density at radius 3 is 2.88 bits per heavy atom. The van der Waals surface area contributed by atoms with Crippen LogP contribution >= 0.6 is 8.20 Å². The van der Waals surface area contributed by atoms with Crippen molar-refractivity contribution in [1.29, 1.82) is 0 Å². The zero-order chi connectivity index (χ0) is 16.1.